The lowest BCUT2D eigenvalue weighted by atomic mass is 10.2. The Hall–Kier alpha value is -1.55. The molecule has 0 atom stereocenters. The molecule has 0 spiro atoms. The molecule has 0 aliphatic rings. The molecule has 0 fully saturated rings. The largest absolute Gasteiger partial charge is 0.435 e. The predicted octanol–water partition coefficient (Wildman–Crippen LogP) is 4.11. The predicted molar refractivity (Wildman–Crippen MR) is 111 cm³/mol. The summed E-state index contributed by atoms with van der Waals surface area (Å²) in [5, 5.41) is 3.89. The maximum atomic E-state index is 12.3. The first kappa shape index (κ1) is 22.5. The molecule has 1 N–H and O–H groups in total. The Balaban J connectivity index is 0.00000338. The summed E-state index contributed by atoms with van der Waals surface area (Å²) in [7, 11) is 5.53. The van der Waals surface area contributed by atoms with E-state index in [-0.39, 0.29) is 29.7 Å². The average Bonchev–Trinajstić information content (AvgIpc) is 2.85. The Kier molecular flexibility index (Phi) is 9.14. The highest BCUT2D eigenvalue weighted by molar-refractivity contribution is 14.0. The summed E-state index contributed by atoms with van der Waals surface area (Å²) in [4.78, 5) is 6.19. The van der Waals surface area contributed by atoms with Gasteiger partial charge in [0.15, 0.2) is 5.96 Å². The normalized spacial score (nSPS) is 11.3. The zero-order valence-electron chi connectivity index (χ0n) is 14.7. The Morgan fingerprint density at radius 2 is 2.12 bits per heavy atom. The quantitative estimate of drug-likeness (QED) is 0.370. The van der Waals surface area contributed by atoms with Crippen molar-refractivity contribution in [2.24, 2.45) is 12.0 Å². The number of alkyl halides is 2. The van der Waals surface area contributed by atoms with Gasteiger partial charge in [-0.05, 0) is 23.8 Å². The minimum atomic E-state index is -2.83. The average molecular weight is 499 g/mol. The fraction of sp³-hybridized carbons (Fsp3) is 0.353. The first-order chi connectivity index (χ1) is 11.9. The van der Waals surface area contributed by atoms with Crippen molar-refractivity contribution in [2.75, 3.05) is 14.1 Å². The molecule has 0 unspecified atom stereocenters. The highest BCUT2D eigenvalue weighted by Gasteiger charge is 2.10. The van der Waals surface area contributed by atoms with E-state index in [4.69, 9.17) is 11.6 Å². The minimum Gasteiger partial charge on any atom is -0.435 e. The van der Waals surface area contributed by atoms with Crippen molar-refractivity contribution in [1.29, 1.82) is 0 Å². The van der Waals surface area contributed by atoms with Crippen LogP contribution in [0.2, 0.25) is 5.02 Å². The van der Waals surface area contributed by atoms with Crippen LogP contribution in [0.5, 0.6) is 5.75 Å². The Morgan fingerprint density at radius 3 is 2.69 bits per heavy atom. The van der Waals surface area contributed by atoms with Gasteiger partial charge in [-0.25, -0.2) is 0 Å². The van der Waals surface area contributed by atoms with Gasteiger partial charge in [-0.2, -0.15) is 8.78 Å². The third-order valence-electron chi connectivity index (χ3n) is 3.62. The Labute approximate surface area is 174 Å². The summed E-state index contributed by atoms with van der Waals surface area (Å²) >= 11 is 6.00. The van der Waals surface area contributed by atoms with Crippen LogP contribution in [0.25, 0.3) is 0 Å². The number of guanidine groups is 1. The smallest absolute Gasteiger partial charge is 0.387 e. The fourth-order valence-electron chi connectivity index (χ4n) is 2.44. The number of hydrogen-bond donors (Lipinski definition) is 1. The standard InChI is InChI=1S/C17H21ClF2N4O.HI/c1-21-17(24(3)11-14-8-13(18)10-23(14)2)22-9-12-5-4-6-15(7-12)25-16(19)20;/h4-8,10,16H,9,11H2,1-3H3,(H,21,22);1H. The molecule has 1 aromatic heterocycles. The van der Waals surface area contributed by atoms with Gasteiger partial charge in [-0.1, -0.05) is 23.7 Å². The summed E-state index contributed by atoms with van der Waals surface area (Å²) in [6.45, 7) is -1.78. The molecule has 0 radical (unpaired) electrons. The number of nitrogens with zero attached hydrogens (tertiary/aromatic N) is 3. The van der Waals surface area contributed by atoms with Gasteiger partial charge < -0.3 is 19.5 Å². The first-order valence-electron chi connectivity index (χ1n) is 7.65. The highest BCUT2D eigenvalue weighted by Crippen LogP contribution is 2.16. The summed E-state index contributed by atoms with van der Waals surface area (Å²) < 4.78 is 31.0. The van der Waals surface area contributed by atoms with E-state index in [1.54, 1.807) is 19.2 Å². The summed E-state index contributed by atoms with van der Waals surface area (Å²) in [5.74, 6) is 0.814. The lowest BCUT2D eigenvalue weighted by molar-refractivity contribution is -0.0498. The molecular formula is C17H22ClF2IN4O. The fourth-order valence-corrected chi connectivity index (χ4v) is 2.71. The highest BCUT2D eigenvalue weighted by atomic mass is 127. The molecule has 0 amide bonds. The number of aromatic nitrogens is 1. The van der Waals surface area contributed by atoms with Crippen LogP contribution in [0, 0.1) is 0 Å². The van der Waals surface area contributed by atoms with Gasteiger partial charge >= 0.3 is 6.61 Å². The van der Waals surface area contributed by atoms with Gasteiger partial charge in [0.05, 0.1) is 11.6 Å². The van der Waals surface area contributed by atoms with Crippen molar-refractivity contribution in [3.05, 3.63) is 52.8 Å². The monoisotopic (exact) mass is 498 g/mol. The van der Waals surface area contributed by atoms with E-state index in [9.17, 15) is 8.78 Å². The second-order valence-corrected chi connectivity index (χ2v) is 5.98. The molecule has 0 aliphatic carbocycles. The van der Waals surface area contributed by atoms with Crippen LogP contribution in [0.3, 0.4) is 0 Å². The van der Waals surface area contributed by atoms with E-state index in [0.29, 0.717) is 24.1 Å². The van der Waals surface area contributed by atoms with Gasteiger partial charge in [0.1, 0.15) is 5.75 Å². The molecular weight excluding hydrogens is 477 g/mol. The van der Waals surface area contributed by atoms with E-state index in [1.165, 1.54) is 6.07 Å². The van der Waals surface area contributed by atoms with Crippen LogP contribution in [-0.4, -0.2) is 36.1 Å². The molecule has 26 heavy (non-hydrogen) atoms. The van der Waals surface area contributed by atoms with Gasteiger partial charge in [0.25, 0.3) is 0 Å². The van der Waals surface area contributed by atoms with Crippen molar-refractivity contribution in [3.63, 3.8) is 0 Å². The zero-order valence-corrected chi connectivity index (χ0v) is 17.8. The molecule has 0 bridgehead atoms. The number of nitrogens with one attached hydrogen (secondary N) is 1. The lowest BCUT2D eigenvalue weighted by Gasteiger charge is -2.22. The molecule has 2 rings (SSSR count). The Morgan fingerprint density at radius 1 is 1.38 bits per heavy atom. The van der Waals surface area contributed by atoms with E-state index in [0.717, 1.165) is 11.3 Å². The maximum Gasteiger partial charge on any atom is 0.387 e. The van der Waals surface area contributed by atoms with E-state index in [1.807, 2.05) is 41.9 Å². The third kappa shape index (κ3) is 6.64. The second-order valence-electron chi connectivity index (χ2n) is 5.54. The van der Waals surface area contributed by atoms with E-state index in [2.05, 4.69) is 15.0 Å². The van der Waals surface area contributed by atoms with Gasteiger partial charge in [0.2, 0.25) is 0 Å². The van der Waals surface area contributed by atoms with Crippen molar-refractivity contribution in [3.8, 4) is 5.75 Å². The molecule has 0 aliphatic heterocycles. The third-order valence-corrected chi connectivity index (χ3v) is 3.83. The van der Waals surface area contributed by atoms with Crippen LogP contribution < -0.4 is 10.1 Å². The number of halogens is 4. The van der Waals surface area contributed by atoms with Crippen LogP contribution >= 0.6 is 35.6 Å². The van der Waals surface area contributed by atoms with Crippen LogP contribution in [-0.2, 0) is 20.1 Å². The molecule has 1 heterocycles. The van der Waals surface area contributed by atoms with Crippen molar-refractivity contribution < 1.29 is 13.5 Å². The first-order valence-corrected chi connectivity index (χ1v) is 8.03. The van der Waals surface area contributed by atoms with Gasteiger partial charge in [-0.3, -0.25) is 4.99 Å². The number of ether oxygens (including phenoxy) is 1. The summed E-state index contributed by atoms with van der Waals surface area (Å²) in [6.07, 6.45) is 1.84. The number of rotatable bonds is 6. The maximum absolute atomic E-state index is 12.3. The molecule has 0 saturated heterocycles. The number of benzene rings is 1. The lowest BCUT2D eigenvalue weighted by Crippen LogP contribution is -2.38. The number of aryl methyl sites for hydroxylation is 1. The molecule has 0 saturated carbocycles. The van der Waals surface area contributed by atoms with Crippen molar-refractivity contribution in [2.45, 2.75) is 19.7 Å². The molecule has 1 aromatic carbocycles. The summed E-state index contributed by atoms with van der Waals surface area (Å²) in [5.41, 5.74) is 1.86. The molecule has 144 valence electrons. The van der Waals surface area contributed by atoms with Gasteiger partial charge in [-0.15, -0.1) is 24.0 Å². The van der Waals surface area contributed by atoms with Gasteiger partial charge in [0, 0.05) is 39.6 Å². The van der Waals surface area contributed by atoms with Crippen molar-refractivity contribution >= 4 is 41.5 Å². The molecule has 2 aromatic rings. The zero-order chi connectivity index (χ0) is 18.4. The van der Waals surface area contributed by atoms with Crippen LogP contribution in [0.4, 0.5) is 8.78 Å². The van der Waals surface area contributed by atoms with Crippen molar-refractivity contribution in [1.82, 2.24) is 14.8 Å². The van der Waals surface area contributed by atoms with E-state index < -0.39 is 6.61 Å². The summed E-state index contributed by atoms with van der Waals surface area (Å²) in [6, 6.07) is 8.47. The second kappa shape index (κ2) is 10.6. The molecule has 5 nitrogen and oxygen atoms in total. The Bertz CT molecular complexity index is 739. The minimum absolute atomic E-state index is 0. The van der Waals surface area contributed by atoms with Crippen LogP contribution in [0.15, 0.2) is 41.5 Å². The number of hydrogen-bond acceptors (Lipinski definition) is 2. The number of aliphatic imine (C=N–C) groups is 1. The van der Waals surface area contributed by atoms with Crippen LogP contribution in [0.1, 0.15) is 11.3 Å². The SMILES string of the molecule is CN=C(NCc1cccc(OC(F)F)c1)N(C)Cc1cc(Cl)cn1C.I. The topological polar surface area (TPSA) is 41.8 Å². The molecule has 9 heteroatoms. The van der Waals surface area contributed by atoms with E-state index >= 15 is 0 Å².